The van der Waals surface area contributed by atoms with Crippen LogP contribution in [0.4, 0.5) is 10.5 Å². The zero-order valence-corrected chi connectivity index (χ0v) is 7.53. The Bertz CT molecular complexity index is 370. The molecule has 1 aromatic heterocycles. The monoisotopic (exact) mass is 195 g/mol. The molecule has 0 aliphatic carbocycles. The van der Waals surface area contributed by atoms with Crippen molar-refractivity contribution in [2.45, 2.75) is 6.92 Å². The van der Waals surface area contributed by atoms with Gasteiger partial charge in [-0.3, -0.25) is 15.2 Å². The number of hydrogen-bond donors (Lipinski definition) is 2. The van der Waals surface area contributed by atoms with Gasteiger partial charge in [0, 0.05) is 6.20 Å². The lowest BCUT2D eigenvalue weighted by Gasteiger charge is -2.03. The number of amides is 1. The molecule has 0 spiro atoms. The number of rotatable bonds is 3. The van der Waals surface area contributed by atoms with Gasteiger partial charge in [0.25, 0.3) is 0 Å². The lowest BCUT2D eigenvalue weighted by atomic mass is 10.4. The molecule has 2 N–H and O–H groups in total. The van der Waals surface area contributed by atoms with E-state index in [2.05, 4.69) is 26.8 Å². The van der Waals surface area contributed by atoms with E-state index in [4.69, 9.17) is 0 Å². The van der Waals surface area contributed by atoms with Crippen LogP contribution in [-0.4, -0.2) is 22.6 Å². The number of hydrogen-bond acceptors (Lipinski definition) is 4. The molecule has 6 heteroatoms. The molecule has 0 aromatic carbocycles. The Morgan fingerprint density at radius 3 is 3.07 bits per heavy atom. The van der Waals surface area contributed by atoms with Crippen LogP contribution in [0, 0.1) is 0 Å². The standard InChI is InChI=1S/C8H9N3O3/c1-5(2)14-8(13)10-6-3-9-11-7(6)4-12/h3-4H,1H2,2H3,(H,9,11)(H,10,13). The summed E-state index contributed by atoms with van der Waals surface area (Å²) in [5, 5.41) is 8.34. The quantitative estimate of drug-likeness (QED) is 0.562. The smallest absolute Gasteiger partial charge is 0.416 e. The van der Waals surface area contributed by atoms with Crippen LogP contribution in [0.15, 0.2) is 18.5 Å². The minimum absolute atomic E-state index is 0.115. The number of aromatic amines is 1. The van der Waals surface area contributed by atoms with Crippen molar-refractivity contribution < 1.29 is 14.3 Å². The number of carbonyl (C=O) groups is 2. The Hall–Kier alpha value is -2.11. The molecule has 14 heavy (non-hydrogen) atoms. The van der Waals surface area contributed by atoms with Crippen molar-refractivity contribution >= 4 is 18.1 Å². The largest absolute Gasteiger partial charge is 0.416 e. The maximum Gasteiger partial charge on any atom is 0.416 e. The summed E-state index contributed by atoms with van der Waals surface area (Å²) in [6, 6.07) is 0. The van der Waals surface area contributed by atoms with Gasteiger partial charge in [-0.05, 0) is 6.92 Å². The molecule has 6 nitrogen and oxygen atoms in total. The number of aromatic nitrogens is 2. The van der Waals surface area contributed by atoms with Gasteiger partial charge in [0.05, 0.1) is 11.4 Å². The van der Waals surface area contributed by atoms with Gasteiger partial charge in [0.1, 0.15) is 5.69 Å². The summed E-state index contributed by atoms with van der Waals surface area (Å²) in [6.07, 6.45) is 1.19. The predicted molar refractivity (Wildman–Crippen MR) is 48.9 cm³/mol. The molecule has 1 rings (SSSR count). The summed E-state index contributed by atoms with van der Waals surface area (Å²) in [5.41, 5.74) is 0.384. The van der Waals surface area contributed by atoms with E-state index in [-0.39, 0.29) is 17.1 Å². The molecule has 0 atom stereocenters. The van der Waals surface area contributed by atoms with Crippen molar-refractivity contribution in [3.8, 4) is 0 Å². The predicted octanol–water partition coefficient (Wildman–Crippen LogP) is 1.30. The summed E-state index contributed by atoms with van der Waals surface area (Å²) in [5.74, 6) is 0.263. The Kier molecular flexibility index (Phi) is 3.01. The first-order chi connectivity index (χ1) is 6.63. The summed E-state index contributed by atoms with van der Waals surface area (Å²) in [7, 11) is 0. The number of nitrogens with zero attached hydrogens (tertiary/aromatic N) is 1. The number of nitrogens with one attached hydrogen (secondary N) is 2. The number of allylic oxidation sites excluding steroid dienone is 1. The molecular weight excluding hydrogens is 186 g/mol. The lowest BCUT2D eigenvalue weighted by Crippen LogP contribution is -2.12. The molecule has 1 aromatic rings. The van der Waals surface area contributed by atoms with Gasteiger partial charge in [-0.25, -0.2) is 4.79 Å². The number of H-pyrrole nitrogens is 1. The summed E-state index contributed by atoms with van der Waals surface area (Å²) < 4.78 is 4.62. The van der Waals surface area contributed by atoms with Crippen LogP contribution < -0.4 is 5.32 Å². The zero-order chi connectivity index (χ0) is 10.6. The third kappa shape index (κ3) is 2.44. The average Bonchev–Trinajstić information content (AvgIpc) is 2.50. The molecule has 1 amide bonds. The highest BCUT2D eigenvalue weighted by atomic mass is 16.6. The highest BCUT2D eigenvalue weighted by molar-refractivity contribution is 5.91. The van der Waals surface area contributed by atoms with E-state index < -0.39 is 6.09 Å². The molecule has 0 bridgehead atoms. The molecule has 0 fully saturated rings. The van der Waals surface area contributed by atoms with Gasteiger partial charge in [-0.1, -0.05) is 6.58 Å². The first kappa shape index (κ1) is 9.97. The van der Waals surface area contributed by atoms with Gasteiger partial charge in [-0.15, -0.1) is 0 Å². The topological polar surface area (TPSA) is 84.1 Å². The van der Waals surface area contributed by atoms with E-state index in [0.717, 1.165) is 0 Å². The van der Waals surface area contributed by atoms with E-state index >= 15 is 0 Å². The zero-order valence-electron chi connectivity index (χ0n) is 7.53. The van der Waals surface area contributed by atoms with Crippen LogP contribution in [0.5, 0.6) is 0 Å². The van der Waals surface area contributed by atoms with Crippen molar-refractivity contribution in [1.82, 2.24) is 10.2 Å². The van der Waals surface area contributed by atoms with Gasteiger partial charge < -0.3 is 4.74 Å². The Morgan fingerprint density at radius 2 is 2.50 bits per heavy atom. The van der Waals surface area contributed by atoms with Crippen LogP contribution in [-0.2, 0) is 4.74 Å². The molecule has 1 heterocycles. The second kappa shape index (κ2) is 4.22. The fourth-order valence-electron chi connectivity index (χ4n) is 0.784. The van der Waals surface area contributed by atoms with Crippen LogP contribution in [0.2, 0.25) is 0 Å². The van der Waals surface area contributed by atoms with Gasteiger partial charge in [0.15, 0.2) is 6.29 Å². The molecular formula is C8H9N3O3. The van der Waals surface area contributed by atoms with Crippen molar-refractivity contribution in [3.05, 3.63) is 24.2 Å². The Morgan fingerprint density at radius 1 is 1.79 bits per heavy atom. The van der Waals surface area contributed by atoms with E-state index in [1.807, 2.05) is 0 Å². The van der Waals surface area contributed by atoms with Crippen LogP contribution in [0.3, 0.4) is 0 Å². The second-order valence-corrected chi connectivity index (χ2v) is 2.52. The minimum Gasteiger partial charge on any atom is -0.416 e. The number of anilines is 1. The summed E-state index contributed by atoms with van der Waals surface area (Å²) in [4.78, 5) is 21.4. The van der Waals surface area contributed by atoms with Gasteiger partial charge in [-0.2, -0.15) is 5.10 Å². The number of carbonyl (C=O) groups excluding carboxylic acids is 2. The van der Waals surface area contributed by atoms with Gasteiger partial charge >= 0.3 is 6.09 Å². The first-order valence-corrected chi connectivity index (χ1v) is 3.76. The first-order valence-electron chi connectivity index (χ1n) is 3.76. The van der Waals surface area contributed by atoms with Crippen LogP contribution in [0.25, 0.3) is 0 Å². The average molecular weight is 195 g/mol. The lowest BCUT2D eigenvalue weighted by molar-refractivity contribution is 0.112. The molecule has 0 radical (unpaired) electrons. The second-order valence-electron chi connectivity index (χ2n) is 2.52. The number of aldehydes is 1. The van der Waals surface area contributed by atoms with Crippen molar-refractivity contribution in [2.75, 3.05) is 5.32 Å². The molecule has 0 aliphatic heterocycles. The van der Waals surface area contributed by atoms with Crippen molar-refractivity contribution in [2.24, 2.45) is 0 Å². The maximum absolute atomic E-state index is 11.0. The van der Waals surface area contributed by atoms with Gasteiger partial charge in [0.2, 0.25) is 0 Å². The minimum atomic E-state index is -0.706. The molecule has 74 valence electrons. The summed E-state index contributed by atoms with van der Waals surface area (Å²) in [6.45, 7) is 4.93. The number of ether oxygens (including phenoxy) is 1. The maximum atomic E-state index is 11.0. The van der Waals surface area contributed by atoms with E-state index in [1.54, 1.807) is 0 Å². The SMILES string of the molecule is C=C(C)OC(=O)Nc1c[nH]nc1C=O. The fraction of sp³-hybridized carbons (Fsp3) is 0.125. The fourth-order valence-corrected chi connectivity index (χ4v) is 0.784. The van der Waals surface area contributed by atoms with E-state index in [9.17, 15) is 9.59 Å². The Balaban J connectivity index is 2.64. The highest BCUT2D eigenvalue weighted by Crippen LogP contribution is 2.09. The third-order valence-electron chi connectivity index (χ3n) is 1.29. The highest BCUT2D eigenvalue weighted by Gasteiger charge is 2.09. The third-order valence-corrected chi connectivity index (χ3v) is 1.29. The molecule has 0 aliphatic rings. The molecule has 0 saturated carbocycles. The van der Waals surface area contributed by atoms with Crippen molar-refractivity contribution in [3.63, 3.8) is 0 Å². The Labute approximate surface area is 80.0 Å². The normalized spacial score (nSPS) is 9.21. The van der Waals surface area contributed by atoms with E-state index in [0.29, 0.717) is 6.29 Å². The molecule has 0 unspecified atom stereocenters. The van der Waals surface area contributed by atoms with Crippen LogP contribution >= 0.6 is 0 Å². The van der Waals surface area contributed by atoms with Crippen molar-refractivity contribution in [1.29, 1.82) is 0 Å². The van der Waals surface area contributed by atoms with E-state index in [1.165, 1.54) is 13.1 Å². The van der Waals surface area contributed by atoms with Crippen LogP contribution in [0.1, 0.15) is 17.4 Å². The molecule has 0 saturated heterocycles. The summed E-state index contributed by atoms with van der Waals surface area (Å²) >= 11 is 0.